The molecule has 0 fully saturated rings. The van der Waals surface area contributed by atoms with Gasteiger partial charge in [0.15, 0.2) is 0 Å². The van der Waals surface area contributed by atoms with Crippen LogP contribution < -0.4 is 4.90 Å². The largest absolute Gasteiger partial charge is 0.463 e. The molecule has 0 unspecified atom stereocenters. The summed E-state index contributed by atoms with van der Waals surface area (Å²) in [5, 5.41) is 0. The number of rotatable bonds is 4. The molecule has 0 amide bonds. The van der Waals surface area contributed by atoms with E-state index in [4.69, 9.17) is 16.2 Å². The third-order valence-electron chi connectivity index (χ3n) is 4.60. The van der Waals surface area contributed by atoms with Crippen molar-refractivity contribution < 1.29 is 9.53 Å². The quantitative estimate of drug-likeness (QED) is 0.458. The van der Waals surface area contributed by atoms with E-state index >= 15 is 0 Å². The molecule has 0 spiro atoms. The Balaban J connectivity index is 2.26. The SMILES string of the molecule is C#Cc1ccc2c(c1)C(c1ccccc1)=NC/C(=C(/C)C(=O)OCC)N2C=C. The zero-order valence-corrected chi connectivity index (χ0v) is 16.1. The first-order valence-electron chi connectivity index (χ1n) is 9.10. The van der Waals surface area contributed by atoms with Crippen LogP contribution in [0.2, 0.25) is 0 Å². The minimum absolute atomic E-state index is 0.318. The van der Waals surface area contributed by atoms with Crippen LogP contribution in [0.5, 0.6) is 0 Å². The van der Waals surface area contributed by atoms with Crippen molar-refractivity contribution >= 4 is 17.4 Å². The van der Waals surface area contributed by atoms with E-state index in [9.17, 15) is 4.79 Å². The maximum atomic E-state index is 12.4. The van der Waals surface area contributed by atoms with Gasteiger partial charge in [-0.15, -0.1) is 6.42 Å². The summed E-state index contributed by atoms with van der Waals surface area (Å²) in [5.41, 5.74) is 5.57. The van der Waals surface area contributed by atoms with Crippen molar-refractivity contribution in [1.82, 2.24) is 0 Å². The average molecular weight is 370 g/mol. The Kier molecular flexibility index (Phi) is 5.76. The van der Waals surface area contributed by atoms with E-state index in [1.165, 1.54) is 0 Å². The van der Waals surface area contributed by atoms with Crippen LogP contribution in [0.1, 0.15) is 30.5 Å². The fraction of sp³-hybridized carbons (Fsp3) is 0.167. The van der Waals surface area contributed by atoms with E-state index in [0.717, 1.165) is 33.8 Å². The van der Waals surface area contributed by atoms with Crippen LogP contribution in [-0.4, -0.2) is 24.8 Å². The molecule has 140 valence electrons. The van der Waals surface area contributed by atoms with E-state index in [-0.39, 0.29) is 5.97 Å². The number of aliphatic imine (C=N–C) groups is 1. The number of fused-ring (bicyclic) bond motifs is 1. The molecule has 0 aromatic heterocycles. The highest BCUT2D eigenvalue weighted by Crippen LogP contribution is 2.32. The van der Waals surface area contributed by atoms with Gasteiger partial charge in [-0.2, -0.15) is 0 Å². The summed E-state index contributed by atoms with van der Waals surface area (Å²) in [6.45, 7) is 8.13. The Bertz CT molecular complexity index is 1010. The highest BCUT2D eigenvalue weighted by Gasteiger charge is 2.25. The second-order valence-electron chi connectivity index (χ2n) is 6.25. The Hall–Kier alpha value is -3.58. The maximum absolute atomic E-state index is 12.4. The lowest BCUT2D eigenvalue weighted by Gasteiger charge is -2.24. The number of hydrogen-bond donors (Lipinski definition) is 0. The van der Waals surface area contributed by atoms with E-state index in [1.807, 2.05) is 53.4 Å². The molecule has 0 saturated heterocycles. The Morgan fingerprint density at radius 2 is 2.07 bits per heavy atom. The Morgan fingerprint density at radius 3 is 2.71 bits per heavy atom. The number of hydrogen-bond acceptors (Lipinski definition) is 4. The molecule has 0 saturated carbocycles. The van der Waals surface area contributed by atoms with Gasteiger partial charge in [-0.3, -0.25) is 4.99 Å². The molecule has 1 aliphatic rings. The van der Waals surface area contributed by atoms with Gasteiger partial charge in [-0.1, -0.05) is 42.8 Å². The second kappa shape index (κ2) is 8.41. The lowest BCUT2D eigenvalue weighted by Crippen LogP contribution is -2.22. The van der Waals surface area contributed by atoms with Crippen molar-refractivity contribution in [2.45, 2.75) is 13.8 Å². The first kappa shape index (κ1) is 19.2. The van der Waals surface area contributed by atoms with Crippen LogP contribution in [0.3, 0.4) is 0 Å². The van der Waals surface area contributed by atoms with Crippen molar-refractivity contribution in [1.29, 1.82) is 0 Å². The van der Waals surface area contributed by atoms with Gasteiger partial charge in [0.25, 0.3) is 0 Å². The summed E-state index contributed by atoms with van der Waals surface area (Å²) < 4.78 is 5.19. The third kappa shape index (κ3) is 3.60. The van der Waals surface area contributed by atoms with Gasteiger partial charge in [0.2, 0.25) is 0 Å². The summed E-state index contributed by atoms with van der Waals surface area (Å²) in [7, 11) is 0. The van der Waals surface area contributed by atoms with Gasteiger partial charge in [-0.05, 0) is 32.0 Å². The van der Waals surface area contributed by atoms with Crippen molar-refractivity contribution in [3.8, 4) is 12.3 Å². The number of esters is 1. The first-order chi connectivity index (χ1) is 13.6. The monoisotopic (exact) mass is 370 g/mol. The fourth-order valence-electron chi connectivity index (χ4n) is 3.19. The van der Waals surface area contributed by atoms with Gasteiger partial charge in [0, 0.05) is 22.9 Å². The molecular formula is C24H22N2O2. The third-order valence-corrected chi connectivity index (χ3v) is 4.60. The predicted molar refractivity (Wildman–Crippen MR) is 113 cm³/mol. The molecule has 4 heteroatoms. The van der Waals surface area contributed by atoms with E-state index in [0.29, 0.717) is 18.7 Å². The normalized spacial score (nSPS) is 14.9. The molecule has 0 N–H and O–H groups in total. The van der Waals surface area contributed by atoms with E-state index in [1.54, 1.807) is 20.0 Å². The lowest BCUT2D eigenvalue weighted by molar-refractivity contribution is -0.138. The molecule has 2 aromatic carbocycles. The maximum Gasteiger partial charge on any atom is 0.335 e. The topological polar surface area (TPSA) is 41.9 Å². The summed E-state index contributed by atoms with van der Waals surface area (Å²) in [6, 6.07) is 15.7. The van der Waals surface area contributed by atoms with E-state index in [2.05, 4.69) is 12.5 Å². The van der Waals surface area contributed by atoms with Gasteiger partial charge in [0.1, 0.15) is 0 Å². The number of ether oxygens (including phenoxy) is 1. The number of carbonyl (C=O) groups is 1. The van der Waals surface area contributed by atoms with Crippen molar-refractivity contribution in [2.75, 3.05) is 18.1 Å². The molecule has 1 heterocycles. The standard InChI is InChI=1S/C24H22N2O2/c1-5-18-13-14-21-20(15-18)23(19-11-9-8-10-12-19)25-16-22(26(21)6-2)17(4)24(27)28-7-3/h1,6,8-15H,2,7,16H2,3-4H3/b22-17+. The number of carbonyl (C=O) groups excluding carboxylic acids is 1. The molecular weight excluding hydrogens is 348 g/mol. The summed E-state index contributed by atoms with van der Waals surface area (Å²) in [5.74, 6) is 2.33. The van der Waals surface area contributed by atoms with E-state index < -0.39 is 0 Å². The summed E-state index contributed by atoms with van der Waals surface area (Å²) in [4.78, 5) is 19.1. The smallest absolute Gasteiger partial charge is 0.335 e. The summed E-state index contributed by atoms with van der Waals surface area (Å²) >= 11 is 0. The molecule has 0 bridgehead atoms. The Morgan fingerprint density at radius 1 is 1.32 bits per heavy atom. The number of terminal acetylenes is 1. The highest BCUT2D eigenvalue weighted by atomic mass is 16.5. The number of anilines is 1. The van der Waals surface area contributed by atoms with Crippen LogP contribution in [0.4, 0.5) is 5.69 Å². The van der Waals surface area contributed by atoms with Crippen LogP contribution in [0, 0.1) is 12.3 Å². The minimum Gasteiger partial charge on any atom is -0.463 e. The molecule has 0 atom stereocenters. The molecule has 1 aliphatic heterocycles. The Labute approximate surface area is 165 Å². The molecule has 0 radical (unpaired) electrons. The predicted octanol–water partition coefficient (Wildman–Crippen LogP) is 4.31. The van der Waals surface area contributed by atoms with Gasteiger partial charge in [-0.25, -0.2) is 4.79 Å². The zero-order valence-electron chi connectivity index (χ0n) is 16.1. The molecule has 4 nitrogen and oxygen atoms in total. The van der Waals surface area contributed by atoms with Gasteiger partial charge < -0.3 is 9.64 Å². The lowest BCUT2D eigenvalue weighted by atomic mass is 9.98. The second-order valence-corrected chi connectivity index (χ2v) is 6.25. The van der Waals surface area contributed by atoms with Crippen molar-refractivity contribution in [3.05, 3.63) is 89.3 Å². The molecule has 3 rings (SSSR count). The first-order valence-corrected chi connectivity index (χ1v) is 9.10. The zero-order chi connectivity index (χ0) is 20.1. The van der Waals surface area contributed by atoms with Crippen LogP contribution in [0.25, 0.3) is 0 Å². The number of benzodiazepines with no additional fused rings is 1. The molecule has 0 aliphatic carbocycles. The highest BCUT2D eigenvalue weighted by molar-refractivity contribution is 6.17. The van der Waals surface area contributed by atoms with Crippen LogP contribution >= 0.6 is 0 Å². The van der Waals surface area contributed by atoms with Gasteiger partial charge in [0.05, 0.1) is 35.8 Å². The number of nitrogens with zero attached hydrogens (tertiary/aromatic N) is 2. The molecule has 2 aromatic rings. The molecule has 28 heavy (non-hydrogen) atoms. The fourth-order valence-corrected chi connectivity index (χ4v) is 3.19. The van der Waals surface area contributed by atoms with Gasteiger partial charge >= 0.3 is 5.97 Å². The summed E-state index contributed by atoms with van der Waals surface area (Å²) in [6.07, 6.45) is 7.32. The minimum atomic E-state index is -0.357. The van der Waals surface area contributed by atoms with Crippen molar-refractivity contribution in [2.24, 2.45) is 4.99 Å². The van der Waals surface area contributed by atoms with Crippen LogP contribution in [-0.2, 0) is 9.53 Å². The number of benzene rings is 2. The van der Waals surface area contributed by atoms with Crippen molar-refractivity contribution in [3.63, 3.8) is 0 Å². The average Bonchev–Trinajstić information content (AvgIpc) is 2.89. The van der Waals surface area contributed by atoms with Crippen LogP contribution in [0.15, 0.2) is 77.6 Å².